The first-order valence-electron chi connectivity index (χ1n) is 9.18. The normalized spacial score (nSPS) is 22.9. The Morgan fingerprint density at radius 1 is 1.07 bits per heavy atom. The maximum Gasteiger partial charge on any atom is 0.246 e. The Morgan fingerprint density at radius 3 is 2.52 bits per heavy atom. The lowest BCUT2D eigenvalue weighted by atomic mass is 10.0. The van der Waals surface area contributed by atoms with Gasteiger partial charge in [0.15, 0.2) is 0 Å². The van der Waals surface area contributed by atoms with Gasteiger partial charge in [0.2, 0.25) is 11.8 Å². The van der Waals surface area contributed by atoms with Crippen LogP contribution < -0.4 is 15.8 Å². The lowest BCUT2D eigenvalue weighted by Crippen LogP contribution is -2.56. The molecule has 0 aliphatic carbocycles. The Morgan fingerprint density at radius 2 is 1.81 bits per heavy atom. The summed E-state index contributed by atoms with van der Waals surface area (Å²) in [6.07, 6.45) is 4.14. The minimum atomic E-state index is -0.332. The van der Waals surface area contributed by atoms with Crippen molar-refractivity contribution in [1.29, 1.82) is 0 Å². The third-order valence-electron chi connectivity index (χ3n) is 5.19. The molecule has 2 amide bonds. The first kappa shape index (κ1) is 17.6. The van der Waals surface area contributed by atoms with E-state index in [1.165, 1.54) is 0 Å². The molecule has 7 nitrogen and oxygen atoms in total. The van der Waals surface area contributed by atoms with E-state index in [0.29, 0.717) is 19.5 Å². The number of carbonyl (C=O) groups is 2. The number of aryl methyl sites for hydroxylation is 1. The van der Waals surface area contributed by atoms with Crippen LogP contribution >= 0.6 is 0 Å². The van der Waals surface area contributed by atoms with E-state index in [9.17, 15) is 9.59 Å². The average Bonchev–Trinajstić information content (AvgIpc) is 3.19. The van der Waals surface area contributed by atoms with Gasteiger partial charge < -0.3 is 9.80 Å². The van der Waals surface area contributed by atoms with E-state index in [0.717, 1.165) is 16.8 Å². The molecule has 2 aliphatic heterocycles. The van der Waals surface area contributed by atoms with E-state index < -0.39 is 0 Å². The molecule has 0 saturated carbocycles. The zero-order chi connectivity index (χ0) is 18.8. The van der Waals surface area contributed by atoms with E-state index in [2.05, 4.69) is 15.8 Å². The van der Waals surface area contributed by atoms with Crippen LogP contribution in [0.3, 0.4) is 0 Å². The number of carbonyl (C=O) groups excluding carboxylic acids is 2. The van der Waals surface area contributed by atoms with Gasteiger partial charge >= 0.3 is 0 Å². The van der Waals surface area contributed by atoms with Crippen molar-refractivity contribution in [2.24, 2.45) is 0 Å². The van der Waals surface area contributed by atoms with Crippen molar-refractivity contribution in [1.82, 2.24) is 20.7 Å². The highest BCUT2D eigenvalue weighted by atomic mass is 16.2. The fourth-order valence-electron chi connectivity index (χ4n) is 3.61. The van der Waals surface area contributed by atoms with E-state index in [1.54, 1.807) is 22.2 Å². The number of aromatic nitrogens is 1. The quantitative estimate of drug-likeness (QED) is 0.854. The summed E-state index contributed by atoms with van der Waals surface area (Å²) in [6, 6.07) is 11.5. The highest BCUT2D eigenvalue weighted by Crippen LogP contribution is 2.24. The topological polar surface area (TPSA) is 77.6 Å². The molecule has 2 atom stereocenters. The van der Waals surface area contributed by atoms with Crippen LogP contribution in [0.1, 0.15) is 23.6 Å². The Labute approximate surface area is 158 Å². The molecule has 2 aliphatic rings. The molecule has 2 aromatic rings. The largest absolute Gasteiger partial charge is 0.330 e. The van der Waals surface area contributed by atoms with Crippen molar-refractivity contribution in [3.63, 3.8) is 0 Å². The summed E-state index contributed by atoms with van der Waals surface area (Å²) in [4.78, 5) is 32.9. The van der Waals surface area contributed by atoms with E-state index >= 15 is 0 Å². The summed E-state index contributed by atoms with van der Waals surface area (Å²) in [5.74, 6) is -0.0777. The van der Waals surface area contributed by atoms with Gasteiger partial charge in [0.1, 0.15) is 12.6 Å². The Hall–Kier alpha value is -2.77. The maximum atomic E-state index is 12.9. The molecule has 0 bridgehead atoms. The molecule has 7 heteroatoms. The first-order chi connectivity index (χ1) is 13.1. The van der Waals surface area contributed by atoms with Crippen LogP contribution in [0.25, 0.3) is 0 Å². The molecule has 2 fully saturated rings. The van der Waals surface area contributed by atoms with Gasteiger partial charge in [-0.05, 0) is 43.2 Å². The van der Waals surface area contributed by atoms with E-state index in [4.69, 9.17) is 0 Å². The number of hydrogen-bond donors (Lipinski definition) is 2. The molecule has 2 unspecified atom stereocenters. The Kier molecular flexibility index (Phi) is 4.87. The minimum Gasteiger partial charge on any atom is -0.330 e. The van der Waals surface area contributed by atoms with Gasteiger partial charge in [0.05, 0.1) is 0 Å². The summed E-state index contributed by atoms with van der Waals surface area (Å²) < 4.78 is 0. The number of hydrazine groups is 1. The number of hydrogen-bond acceptors (Lipinski definition) is 5. The molecule has 3 heterocycles. The molecule has 4 rings (SSSR count). The van der Waals surface area contributed by atoms with Gasteiger partial charge in [-0.25, -0.2) is 10.9 Å². The number of anilines is 1. The fourth-order valence-corrected chi connectivity index (χ4v) is 3.61. The van der Waals surface area contributed by atoms with Gasteiger partial charge in [-0.2, -0.15) is 0 Å². The highest BCUT2D eigenvalue weighted by molar-refractivity contribution is 5.98. The van der Waals surface area contributed by atoms with Crippen molar-refractivity contribution in [2.45, 2.75) is 25.4 Å². The summed E-state index contributed by atoms with van der Waals surface area (Å²) >= 11 is 0. The van der Waals surface area contributed by atoms with Crippen LogP contribution in [0.2, 0.25) is 0 Å². The Bertz CT molecular complexity index is 824. The molecule has 0 spiro atoms. The van der Waals surface area contributed by atoms with Gasteiger partial charge in [0.25, 0.3) is 0 Å². The average molecular weight is 365 g/mol. The van der Waals surface area contributed by atoms with Crippen LogP contribution in [-0.4, -0.2) is 47.4 Å². The molecular formula is C20H23N5O2. The van der Waals surface area contributed by atoms with Crippen molar-refractivity contribution >= 4 is 17.5 Å². The third-order valence-corrected chi connectivity index (χ3v) is 5.19. The number of benzene rings is 1. The predicted octanol–water partition coefficient (Wildman–Crippen LogP) is 1.17. The van der Waals surface area contributed by atoms with E-state index in [-0.39, 0.29) is 30.4 Å². The molecule has 0 radical (unpaired) electrons. The standard InChI is InChI=1S/C20H23N5O2/c1-14-2-4-16(5-3-14)25-11-10-24(13-19(25)26)20(27)18-12-17(22-23-18)15-6-8-21-9-7-15/h2-9,17-18,22-23H,10-13H2,1H3. The zero-order valence-corrected chi connectivity index (χ0v) is 15.3. The molecule has 2 N–H and O–H groups in total. The number of piperazine rings is 1. The van der Waals surface area contributed by atoms with Gasteiger partial charge in [-0.1, -0.05) is 17.7 Å². The SMILES string of the molecule is Cc1ccc(N2CCN(C(=O)C3CC(c4ccncc4)NN3)CC2=O)cc1. The van der Waals surface area contributed by atoms with Gasteiger partial charge in [-0.15, -0.1) is 0 Å². The first-order valence-corrected chi connectivity index (χ1v) is 9.18. The zero-order valence-electron chi connectivity index (χ0n) is 15.3. The molecule has 140 valence electrons. The number of nitrogens with one attached hydrogen (secondary N) is 2. The van der Waals surface area contributed by atoms with Crippen LogP contribution in [-0.2, 0) is 9.59 Å². The lowest BCUT2D eigenvalue weighted by molar-refractivity contribution is -0.138. The molecule has 2 saturated heterocycles. The van der Waals surface area contributed by atoms with E-state index in [1.807, 2.05) is 43.3 Å². The Balaban J connectivity index is 1.37. The van der Waals surface area contributed by atoms with Gasteiger partial charge in [0, 0.05) is 37.2 Å². The monoisotopic (exact) mass is 365 g/mol. The molecule has 1 aromatic heterocycles. The van der Waals surface area contributed by atoms with Gasteiger partial charge in [-0.3, -0.25) is 14.6 Å². The van der Waals surface area contributed by atoms with Crippen LogP contribution in [0.15, 0.2) is 48.8 Å². The van der Waals surface area contributed by atoms with Crippen LogP contribution in [0.4, 0.5) is 5.69 Å². The minimum absolute atomic E-state index is 0.0315. The van der Waals surface area contributed by atoms with Crippen molar-refractivity contribution in [3.05, 3.63) is 59.9 Å². The second kappa shape index (κ2) is 7.46. The third kappa shape index (κ3) is 3.70. The number of amides is 2. The summed E-state index contributed by atoms with van der Waals surface area (Å²) in [7, 11) is 0. The number of rotatable bonds is 3. The molecule has 27 heavy (non-hydrogen) atoms. The van der Waals surface area contributed by atoms with Crippen LogP contribution in [0, 0.1) is 6.92 Å². The summed E-state index contributed by atoms with van der Waals surface area (Å²) in [5, 5.41) is 0. The molecule has 1 aromatic carbocycles. The highest BCUT2D eigenvalue weighted by Gasteiger charge is 2.36. The fraction of sp³-hybridized carbons (Fsp3) is 0.350. The van der Waals surface area contributed by atoms with Crippen molar-refractivity contribution in [2.75, 3.05) is 24.5 Å². The van der Waals surface area contributed by atoms with Crippen molar-refractivity contribution < 1.29 is 9.59 Å². The smallest absolute Gasteiger partial charge is 0.246 e. The van der Waals surface area contributed by atoms with Crippen molar-refractivity contribution in [3.8, 4) is 0 Å². The lowest BCUT2D eigenvalue weighted by Gasteiger charge is -2.35. The summed E-state index contributed by atoms with van der Waals surface area (Å²) in [5.41, 5.74) is 9.39. The second-order valence-electron chi connectivity index (χ2n) is 7.05. The maximum absolute atomic E-state index is 12.9. The predicted molar refractivity (Wildman–Crippen MR) is 102 cm³/mol. The molecular weight excluding hydrogens is 342 g/mol. The number of pyridine rings is 1. The van der Waals surface area contributed by atoms with Crippen LogP contribution in [0.5, 0.6) is 0 Å². The number of nitrogens with zero attached hydrogens (tertiary/aromatic N) is 3. The summed E-state index contributed by atoms with van der Waals surface area (Å²) in [6.45, 7) is 3.19. The second-order valence-corrected chi connectivity index (χ2v) is 7.05.